The van der Waals surface area contributed by atoms with Crippen molar-refractivity contribution in [1.82, 2.24) is 15.1 Å². The molecule has 0 bridgehead atoms. The third-order valence-corrected chi connectivity index (χ3v) is 4.66. The number of hydrogen-bond acceptors (Lipinski definition) is 3. The van der Waals surface area contributed by atoms with Crippen LogP contribution in [0.3, 0.4) is 0 Å². The summed E-state index contributed by atoms with van der Waals surface area (Å²) in [4.78, 5) is 2.40. The Balaban J connectivity index is 1.48. The lowest BCUT2D eigenvalue weighted by atomic mass is 10.1. The van der Waals surface area contributed by atoms with Crippen LogP contribution in [0.25, 0.3) is 11.3 Å². The summed E-state index contributed by atoms with van der Waals surface area (Å²) >= 11 is 0. The number of aromatic amines is 1. The number of aromatic nitrogens is 2. The highest BCUT2D eigenvalue weighted by molar-refractivity contribution is 5.62. The van der Waals surface area contributed by atoms with Crippen molar-refractivity contribution in [1.29, 1.82) is 0 Å². The SMILES string of the molecule is CCN1Cc2ccc(OCc3cn[nH]c3-c3ccc(F)cc3)cc2C1. The van der Waals surface area contributed by atoms with E-state index >= 15 is 0 Å². The zero-order chi connectivity index (χ0) is 17.2. The molecule has 0 aliphatic carbocycles. The molecule has 0 fully saturated rings. The van der Waals surface area contributed by atoms with Gasteiger partial charge in [-0.2, -0.15) is 5.10 Å². The Bertz CT molecular complexity index is 873. The normalized spacial score (nSPS) is 13.8. The molecule has 5 heteroatoms. The molecule has 1 aliphatic heterocycles. The lowest BCUT2D eigenvalue weighted by molar-refractivity contribution is 0.299. The molecule has 0 saturated heterocycles. The molecule has 0 unspecified atom stereocenters. The van der Waals surface area contributed by atoms with Crippen molar-refractivity contribution in [2.24, 2.45) is 0 Å². The average molecular weight is 337 g/mol. The predicted molar refractivity (Wildman–Crippen MR) is 94.5 cm³/mol. The van der Waals surface area contributed by atoms with Gasteiger partial charge < -0.3 is 4.74 Å². The standard InChI is InChI=1S/C20H20FN3O/c1-2-24-11-15-5-8-19(9-16(15)12-24)25-13-17-10-22-23-20(17)14-3-6-18(21)7-4-14/h3-10H,2,11-13H2,1H3,(H,22,23). The number of fused-ring (bicyclic) bond motifs is 1. The molecule has 1 aromatic heterocycles. The highest BCUT2D eigenvalue weighted by Crippen LogP contribution is 2.28. The highest BCUT2D eigenvalue weighted by atomic mass is 19.1. The van der Waals surface area contributed by atoms with Crippen LogP contribution < -0.4 is 4.74 Å². The largest absolute Gasteiger partial charge is 0.489 e. The van der Waals surface area contributed by atoms with Crippen LogP contribution >= 0.6 is 0 Å². The summed E-state index contributed by atoms with van der Waals surface area (Å²) in [5, 5.41) is 7.08. The summed E-state index contributed by atoms with van der Waals surface area (Å²) in [5.41, 5.74) is 5.42. The summed E-state index contributed by atoms with van der Waals surface area (Å²) in [5.74, 6) is 0.614. The van der Waals surface area contributed by atoms with Gasteiger partial charge in [-0.3, -0.25) is 10.00 Å². The van der Waals surface area contributed by atoms with Crippen LogP contribution in [0.4, 0.5) is 4.39 Å². The van der Waals surface area contributed by atoms with Gasteiger partial charge in [-0.15, -0.1) is 0 Å². The van der Waals surface area contributed by atoms with Crippen LogP contribution in [-0.4, -0.2) is 21.6 Å². The van der Waals surface area contributed by atoms with Crippen LogP contribution in [-0.2, 0) is 19.7 Å². The van der Waals surface area contributed by atoms with Crippen molar-refractivity contribution in [3.8, 4) is 17.0 Å². The van der Waals surface area contributed by atoms with Crippen molar-refractivity contribution in [3.63, 3.8) is 0 Å². The number of hydrogen-bond donors (Lipinski definition) is 1. The lowest BCUT2D eigenvalue weighted by Gasteiger charge is -2.09. The zero-order valence-electron chi connectivity index (χ0n) is 14.1. The van der Waals surface area contributed by atoms with Crippen LogP contribution in [0, 0.1) is 5.82 Å². The molecule has 3 aromatic rings. The Labute approximate surface area is 146 Å². The maximum Gasteiger partial charge on any atom is 0.123 e. The predicted octanol–water partition coefficient (Wildman–Crippen LogP) is 4.13. The van der Waals surface area contributed by atoms with Crippen molar-refractivity contribution in [2.75, 3.05) is 6.54 Å². The number of rotatable bonds is 5. The van der Waals surface area contributed by atoms with Gasteiger partial charge in [-0.05, 0) is 54.1 Å². The second kappa shape index (κ2) is 6.69. The van der Waals surface area contributed by atoms with Crippen LogP contribution in [0.15, 0.2) is 48.7 Å². The Hall–Kier alpha value is -2.66. The molecule has 0 radical (unpaired) electrons. The molecule has 0 spiro atoms. The van der Waals surface area contributed by atoms with E-state index in [2.05, 4.69) is 34.2 Å². The topological polar surface area (TPSA) is 41.1 Å². The van der Waals surface area contributed by atoms with E-state index in [0.29, 0.717) is 6.61 Å². The summed E-state index contributed by atoms with van der Waals surface area (Å²) in [6, 6.07) is 12.7. The van der Waals surface area contributed by atoms with Gasteiger partial charge in [-0.25, -0.2) is 4.39 Å². The first kappa shape index (κ1) is 15.8. The Kier molecular flexibility index (Phi) is 4.24. The van der Waals surface area contributed by atoms with Gasteiger partial charge in [0.15, 0.2) is 0 Å². The third kappa shape index (κ3) is 3.28. The number of ether oxygens (including phenoxy) is 1. The van der Waals surface area contributed by atoms with Gasteiger partial charge in [0.05, 0.1) is 11.9 Å². The second-order valence-corrected chi connectivity index (χ2v) is 6.30. The van der Waals surface area contributed by atoms with E-state index in [4.69, 9.17) is 4.74 Å². The number of halogens is 1. The van der Waals surface area contributed by atoms with Crippen LogP contribution in [0.5, 0.6) is 5.75 Å². The molecule has 0 saturated carbocycles. The first-order valence-electron chi connectivity index (χ1n) is 8.48. The zero-order valence-corrected chi connectivity index (χ0v) is 14.1. The molecular weight excluding hydrogens is 317 g/mol. The molecule has 4 nitrogen and oxygen atoms in total. The van der Waals surface area contributed by atoms with Gasteiger partial charge in [0.1, 0.15) is 18.2 Å². The molecule has 4 rings (SSSR count). The Morgan fingerprint density at radius 3 is 2.72 bits per heavy atom. The van der Waals surface area contributed by atoms with Crippen molar-refractivity contribution in [3.05, 3.63) is 71.2 Å². The number of nitrogens with zero attached hydrogens (tertiary/aromatic N) is 2. The van der Waals surface area contributed by atoms with Gasteiger partial charge in [-0.1, -0.05) is 13.0 Å². The number of H-pyrrole nitrogens is 1. The van der Waals surface area contributed by atoms with Gasteiger partial charge in [0.25, 0.3) is 0 Å². The number of benzene rings is 2. The van der Waals surface area contributed by atoms with E-state index in [0.717, 1.165) is 42.2 Å². The molecular formula is C20H20FN3O. The molecule has 1 aliphatic rings. The smallest absolute Gasteiger partial charge is 0.123 e. The van der Waals surface area contributed by atoms with Gasteiger partial charge in [0, 0.05) is 24.2 Å². The first-order valence-corrected chi connectivity index (χ1v) is 8.48. The van der Waals surface area contributed by atoms with Crippen LogP contribution in [0.1, 0.15) is 23.6 Å². The lowest BCUT2D eigenvalue weighted by Crippen LogP contribution is -2.14. The van der Waals surface area contributed by atoms with E-state index in [9.17, 15) is 4.39 Å². The van der Waals surface area contributed by atoms with Gasteiger partial charge in [0.2, 0.25) is 0 Å². The minimum Gasteiger partial charge on any atom is -0.489 e. The monoisotopic (exact) mass is 337 g/mol. The minimum atomic E-state index is -0.250. The molecule has 2 aromatic carbocycles. The maximum absolute atomic E-state index is 13.1. The van der Waals surface area contributed by atoms with E-state index in [1.165, 1.54) is 23.3 Å². The summed E-state index contributed by atoms with van der Waals surface area (Å²) in [6.45, 7) is 5.65. The molecule has 2 heterocycles. The summed E-state index contributed by atoms with van der Waals surface area (Å²) in [6.07, 6.45) is 1.75. The van der Waals surface area contributed by atoms with E-state index < -0.39 is 0 Å². The van der Waals surface area contributed by atoms with Crippen molar-refractivity contribution >= 4 is 0 Å². The molecule has 0 atom stereocenters. The molecule has 25 heavy (non-hydrogen) atoms. The third-order valence-electron chi connectivity index (χ3n) is 4.66. The first-order chi connectivity index (χ1) is 12.2. The van der Waals surface area contributed by atoms with Crippen molar-refractivity contribution < 1.29 is 9.13 Å². The van der Waals surface area contributed by atoms with Crippen molar-refractivity contribution in [2.45, 2.75) is 26.6 Å². The molecule has 128 valence electrons. The number of nitrogens with one attached hydrogen (secondary N) is 1. The Morgan fingerprint density at radius 1 is 1.12 bits per heavy atom. The molecule has 1 N–H and O–H groups in total. The Morgan fingerprint density at radius 2 is 1.92 bits per heavy atom. The fourth-order valence-electron chi connectivity index (χ4n) is 3.20. The summed E-state index contributed by atoms with van der Waals surface area (Å²) < 4.78 is 19.1. The van der Waals surface area contributed by atoms with E-state index in [1.54, 1.807) is 18.3 Å². The van der Waals surface area contributed by atoms with E-state index in [1.807, 2.05) is 6.07 Å². The quantitative estimate of drug-likeness (QED) is 0.761. The maximum atomic E-state index is 13.1. The second-order valence-electron chi connectivity index (χ2n) is 6.30. The fourth-order valence-corrected chi connectivity index (χ4v) is 3.20. The van der Waals surface area contributed by atoms with Crippen LogP contribution in [0.2, 0.25) is 0 Å². The minimum absolute atomic E-state index is 0.250. The highest BCUT2D eigenvalue weighted by Gasteiger charge is 2.18. The van der Waals surface area contributed by atoms with Gasteiger partial charge >= 0.3 is 0 Å². The average Bonchev–Trinajstić information content (AvgIpc) is 3.26. The fraction of sp³-hybridized carbons (Fsp3) is 0.250. The summed E-state index contributed by atoms with van der Waals surface area (Å²) in [7, 11) is 0. The molecule has 0 amide bonds. The van der Waals surface area contributed by atoms with E-state index in [-0.39, 0.29) is 5.82 Å².